The largest absolute Gasteiger partial charge is 0.496 e. The fourth-order valence-electron chi connectivity index (χ4n) is 4.70. The third-order valence-electron chi connectivity index (χ3n) is 6.41. The third-order valence-corrected chi connectivity index (χ3v) is 6.41. The minimum atomic E-state index is 0.100. The lowest BCUT2D eigenvalue weighted by Crippen LogP contribution is -2.49. The molecule has 3 aliphatic heterocycles. The second kappa shape index (κ2) is 9.77. The summed E-state index contributed by atoms with van der Waals surface area (Å²) in [5.41, 5.74) is 2.25. The van der Waals surface area contributed by atoms with E-state index in [-0.39, 0.29) is 17.9 Å². The molecule has 0 aromatic heterocycles. The molecule has 0 spiro atoms. The van der Waals surface area contributed by atoms with Gasteiger partial charge in [-0.15, -0.1) is 0 Å². The lowest BCUT2D eigenvalue weighted by Gasteiger charge is -2.36. The monoisotopic (exact) mass is 430 g/mol. The van der Waals surface area contributed by atoms with Gasteiger partial charge in [-0.1, -0.05) is 0 Å². The molecule has 1 aromatic rings. The van der Waals surface area contributed by atoms with E-state index in [1.807, 2.05) is 4.90 Å². The van der Waals surface area contributed by atoms with Crippen LogP contribution in [0.2, 0.25) is 0 Å². The van der Waals surface area contributed by atoms with Crippen molar-refractivity contribution in [1.29, 1.82) is 0 Å². The molecule has 0 bridgehead atoms. The van der Waals surface area contributed by atoms with Crippen LogP contribution in [-0.2, 0) is 22.5 Å². The molecular formula is C23H34N4O4. The predicted octanol–water partition coefficient (Wildman–Crippen LogP) is 1.66. The molecule has 2 fully saturated rings. The van der Waals surface area contributed by atoms with Crippen LogP contribution in [0, 0.1) is 5.92 Å². The molecule has 1 atom stereocenters. The quantitative estimate of drug-likeness (QED) is 0.579. The van der Waals surface area contributed by atoms with Gasteiger partial charge in [-0.05, 0) is 31.9 Å². The molecule has 1 aromatic carbocycles. The number of fused-ring (bicyclic) bond motifs is 1. The van der Waals surface area contributed by atoms with Gasteiger partial charge in [-0.2, -0.15) is 0 Å². The average Bonchev–Trinajstić information content (AvgIpc) is 3.18. The maximum Gasteiger partial charge on any atom is 0.225 e. The molecule has 0 radical (unpaired) electrons. The molecule has 2 saturated heterocycles. The number of nitrogens with zero attached hydrogens (tertiary/aromatic N) is 3. The lowest BCUT2D eigenvalue weighted by atomic mass is 9.95. The zero-order chi connectivity index (χ0) is 21.8. The second-order valence-electron chi connectivity index (χ2n) is 8.50. The highest BCUT2D eigenvalue weighted by Gasteiger charge is 2.30. The Bertz CT molecular complexity index is 814. The number of ether oxygens (including phenoxy) is 3. The number of hydrogen-bond acceptors (Lipinski definition) is 5. The molecule has 31 heavy (non-hydrogen) atoms. The molecule has 3 aliphatic rings. The van der Waals surface area contributed by atoms with Crippen LogP contribution in [0.5, 0.6) is 11.5 Å². The Morgan fingerprint density at radius 1 is 1.19 bits per heavy atom. The Hall–Kier alpha value is -2.48. The van der Waals surface area contributed by atoms with Crippen LogP contribution in [-0.4, -0.2) is 81.3 Å². The Balaban J connectivity index is 1.32. The van der Waals surface area contributed by atoms with Crippen molar-refractivity contribution in [2.45, 2.75) is 38.8 Å². The molecule has 170 valence electrons. The molecule has 1 unspecified atom stereocenters. The number of piperidine rings is 1. The number of hydrogen-bond donors (Lipinski definition) is 1. The summed E-state index contributed by atoms with van der Waals surface area (Å²) < 4.78 is 16.9. The summed E-state index contributed by atoms with van der Waals surface area (Å²) in [4.78, 5) is 21.4. The van der Waals surface area contributed by atoms with E-state index >= 15 is 0 Å². The number of nitrogens with one attached hydrogen (secondary N) is 1. The van der Waals surface area contributed by atoms with E-state index in [1.54, 1.807) is 14.2 Å². The first kappa shape index (κ1) is 21.7. The molecule has 4 rings (SSSR count). The van der Waals surface area contributed by atoms with Gasteiger partial charge in [-0.25, -0.2) is 0 Å². The van der Waals surface area contributed by atoms with Crippen LogP contribution >= 0.6 is 0 Å². The number of methoxy groups -OCH3 is 1. The van der Waals surface area contributed by atoms with Crippen molar-refractivity contribution in [3.8, 4) is 11.5 Å². The van der Waals surface area contributed by atoms with E-state index in [0.717, 1.165) is 55.4 Å². The number of aliphatic imine (C=N–C) groups is 1. The smallest absolute Gasteiger partial charge is 0.225 e. The maximum absolute atomic E-state index is 12.8. The SMILES string of the molecule is CN=C(NCc1cc2c(cc1OC)CC(C)O2)N1CCC(C(=O)N2CCOCC2)CC1. The zero-order valence-corrected chi connectivity index (χ0v) is 18.9. The standard InChI is InChI=1S/C23H34N4O4/c1-16-12-18-13-20(29-3)19(14-21(18)31-16)15-25-23(24-2)27-6-4-17(5-7-27)22(28)26-8-10-30-11-9-26/h13-14,16-17H,4-12,15H2,1-3H3,(H,24,25). The highest BCUT2D eigenvalue weighted by atomic mass is 16.5. The molecule has 1 N–H and O–H groups in total. The number of rotatable bonds is 4. The summed E-state index contributed by atoms with van der Waals surface area (Å²) in [6.45, 7) is 7.06. The van der Waals surface area contributed by atoms with Gasteiger partial charge in [0.2, 0.25) is 5.91 Å². The molecular weight excluding hydrogens is 396 g/mol. The fraction of sp³-hybridized carbons (Fsp3) is 0.652. The number of morpholine rings is 1. The maximum atomic E-state index is 12.8. The summed E-state index contributed by atoms with van der Waals surface area (Å²) in [7, 11) is 3.51. The summed E-state index contributed by atoms with van der Waals surface area (Å²) in [6, 6.07) is 4.16. The first-order chi connectivity index (χ1) is 15.1. The minimum absolute atomic E-state index is 0.100. The number of guanidine groups is 1. The van der Waals surface area contributed by atoms with Gasteiger partial charge in [0.05, 0.1) is 20.3 Å². The van der Waals surface area contributed by atoms with Gasteiger partial charge >= 0.3 is 0 Å². The van der Waals surface area contributed by atoms with Crippen molar-refractivity contribution in [2.24, 2.45) is 10.9 Å². The Morgan fingerprint density at radius 3 is 2.61 bits per heavy atom. The van der Waals surface area contributed by atoms with Crippen LogP contribution in [0.1, 0.15) is 30.9 Å². The fourth-order valence-corrected chi connectivity index (χ4v) is 4.70. The van der Waals surface area contributed by atoms with Gasteiger partial charge in [0, 0.05) is 63.2 Å². The number of likely N-dealkylation sites (tertiary alicyclic amines) is 1. The Morgan fingerprint density at radius 2 is 1.94 bits per heavy atom. The Labute approximate surface area is 184 Å². The van der Waals surface area contributed by atoms with Crippen molar-refractivity contribution in [3.63, 3.8) is 0 Å². The summed E-state index contributed by atoms with van der Waals surface area (Å²) in [5.74, 6) is 3.05. The van der Waals surface area contributed by atoms with E-state index in [1.165, 1.54) is 5.56 Å². The summed E-state index contributed by atoms with van der Waals surface area (Å²) >= 11 is 0. The van der Waals surface area contributed by atoms with Crippen LogP contribution in [0.3, 0.4) is 0 Å². The first-order valence-corrected chi connectivity index (χ1v) is 11.3. The van der Waals surface area contributed by atoms with Gasteiger partial charge < -0.3 is 29.3 Å². The van der Waals surface area contributed by atoms with E-state index in [9.17, 15) is 4.79 Å². The summed E-state index contributed by atoms with van der Waals surface area (Å²) in [6.07, 6.45) is 2.83. The van der Waals surface area contributed by atoms with Crippen LogP contribution in [0.4, 0.5) is 0 Å². The van der Waals surface area contributed by atoms with Crippen molar-refractivity contribution < 1.29 is 19.0 Å². The van der Waals surface area contributed by atoms with E-state index < -0.39 is 0 Å². The van der Waals surface area contributed by atoms with Gasteiger partial charge in [0.15, 0.2) is 5.96 Å². The first-order valence-electron chi connectivity index (χ1n) is 11.3. The number of carbonyl (C=O) groups is 1. The van der Waals surface area contributed by atoms with Crippen LogP contribution in [0.15, 0.2) is 17.1 Å². The van der Waals surface area contributed by atoms with Crippen LogP contribution in [0.25, 0.3) is 0 Å². The van der Waals surface area contributed by atoms with Crippen molar-refractivity contribution >= 4 is 11.9 Å². The minimum Gasteiger partial charge on any atom is -0.496 e. The summed E-state index contributed by atoms with van der Waals surface area (Å²) in [5, 5.41) is 3.47. The second-order valence-corrected chi connectivity index (χ2v) is 8.50. The van der Waals surface area contributed by atoms with Gasteiger partial charge in [-0.3, -0.25) is 9.79 Å². The predicted molar refractivity (Wildman–Crippen MR) is 119 cm³/mol. The van der Waals surface area contributed by atoms with Crippen molar-refractivity contribution in [1.82, 2.24) is 15.1 Å². The molecule has 0 aliphatic carbocycles. The highest BCUT2D eigenvalue weighted by Crippen LogP contribution is 2.35. The topological polar surface area (TPSA) is 75.6 Å². The Kier molecular flexibility index (Phi) is 6.85. The molecule has 1 amide bonds. The van der Waals surface area contributed by atoms with Gasteiger partial charge in [0.25, 0.3) is 0 Å². The van der Waals surface area contributed by atoms with Crippen LogP contribution < -0.4 is 14.8 Å². The number of benzene rings is 1. The molecule has 3 heterocycles. The molecule has 8 heteroatoms. The average molecular weight is 431 g/mol. The van der Waals surface area contributed by atoms with Crippen molar-refractivity contribution in [3.05, 3.63) is 23.3 Å². The van der Waals surface area contributed by atoms with E-state index in [4.69, 9.17) is 14.2 Å². The molecule has 8 nitrogen and oxygen atoms in total. The number of amides is 1. The third kappa shape index (κ3) is 4.89. The number of carbonyl (C=O) groups excluding carboxylic acids is 1. The zero-order valence-electron chi connectivity index (χ0n) is 18.9. The lowest BCUT2D eigenvalue weighted by molar-refractivity contribution is -0.140. The van der Waals surface area contributed by atoms with Gasteiger partial charge in [0.1, 0.15) is 17.6 Å². The van der Waals surface area contributed by atoms with E-state index in [2.05, 4.69) is 34.3 Å². The molecule has 0 saturated carbocycles. The van der Waals surface area contributed by atoms with E-state index in [0.29, 0.717) is 32.8 Å². The highest BCUT2D eigenvalue weighted by molar-refractivity contribution is 5.82. The van der Waals surface area contributed by atoms with Crippen molar-refractivity contribution in [2.75, 3.05) is 53.6 Å². The normalized spacial score (nSPS) is 22.2.